The first-order valence-corrected chi connectivity index (χ1v) is 12.6. The van der Waals surface area contributed by atoms with Crippen molar-refractivity contribution in [3.8, 4) is 33.4 Å². The van der Waals surface area contributed by atoms with Crippen LogP contribution in [-0.4, -0.2) is 4.98 Å². The highest BCUT2D eigenvalue weighted by atomic mass is 14.6. The quantitative estimate of drug-likeness (QED) is 0.227. The molecule has 1 nitrogen and oxygen atoms in total. The minimum absolute atomic E-state index is 1.12. The summed E-state index contributed by atoms with van der Waals surface area (Å²) in [6.45, 7) is 6.06. The molecule has 37 heavy (non-hydrogen) atoms. The Morgan fingerprint density at radius 2 is 1.14 bits per heavy atom. The first-order valence-electron chi connectivity index (χ1n) is 12.6. The highest BCUT2D eigenvalue weighted by molar-refractivity contribution is 6.21. The molecular formula is C36H27N. The van der Waals surface area contributed by atoms with E-state index in [-0.39, 0.29) is 0 Å². The van der Waals surface area contributed by atoms with Crippen LogP contribution in [0, 0.1) is 0 Å². The van der Waals surface area contributed by atoms with Gasteiger partial charge in [0.25, 0.3) is 0 Å². The molecule has 0 unspecified atom stereocenters. The van der Waals surface area contributed by atoms with Crippen LogP contribution in [0.1, 0.15) is 18.1 Å². The van der Waals surface area contributed by atoms with E-state index in [4.69, 9.17) is 0 Å². The molecule has 0 radical (unpaired) electrons. The maximum Gasteiger partial charge on any atom is 0.0346 e. The molecular weight excluding hydrogens is 446 g/mol. The van der Waals surface area contributed by atoms with Crippen LogP contribution >= 0.6 is 0 Å². The van der Waals surface area contributed by atoms with E-state index in [2.05, 4.69) is 128 Å². The molecule has 0 saturated carbocycles. The van der Waals surface area contributed by atoms with Gasteiger partial charge in [-0.05, 0) is 85.1 Å². The van der Waals surface area contributed by atoms with Crippen LogP contribution in [0.15, 0.2) is 128 Å². The summed E-state index contributed by atoms with van der Waals surface area (Å²) in [4.78, 5) is 4.28. The number of hydrogen-bond donors (Lipinski definition) is 0. The standard InChI is InChI=1S/C36H27N/c1-3-10-28-23-29(21-16-25(28)4-2)36-33-14-7-5-12-31(33)35(32-13-6-8-15-34(32)36)27-19-17-26(18-20-27)30-11-9-22-37-24-30/h3-24H,2H2,1H3/b10-3-. The van der Waals surface area contributed by atoms with Crippen molar-refractivity contribution < 1.29 is 0 Å². The number of hydrogen-bond acceptors (Lipinski definition) is 1. The molecule has 5 aromatic carbocycles. The van der Waals surface area contributed by atoms with Gasteiger partial charge in [-0.25, -0.2) is 0 Å². The van der Waals surface area contributed by atoms with Gasteiger partial charge in [0, 0.05) is 12.4 Å². The number of benzene rings is 5. The van der Waals surface area contributed by atoms with Gasteiger partial charge in [-0.3, -0.25) is 4.98 Å². The van der Waals surface area contributed by atoms with E-state index in [1.807, 2.05) is 24.5 Å². The molecule has 0 spiro atoms. The van der Waals surface area contributed by atoms with Crippen molar-refractivity contribution in [1.82, 2.24) is 4.98 Å². The Bertz CT molecular complexity index is 1720. The molecule has 0 aliphatic carbocycles. The van der Waals surface area contributed by atoms with Gasteiger partial charge in [-0.1, -0.05) is 116 Å². The third-order valence-electron chi connectivity index (χ3n) is 7.04. The van der Waals surface area contributed by atoms with Gasteiger partial charge in [-0.15, -0.1) is 0 Å². The number of fused-ring (bicyclic) bond motifs is 2. The number of aromatic nitrogens is 1. The van der Waals surface area contributed by atoms with Gasteiger partial charge in [-0.2, -0.15) is 0 Å². The van der Waals surface area contributed by atoms with Crippen molar-refractivity contribution in [2.24, 2.45) is 0 Å². The minimum Gasteiger partial charge on any atom is -0.264 e. The van der Waals surface area contributed by atoms with Crippen molar-refractivity contribution in [2.75, 3.05) is 0 Å². The van der Waals surface area contributed by atoms with E-state index in [0.717, 1.165) is 11.1 Å². The molecule has 1 heteroatoms. The molecule has 0 aliphatic heterocycles. The average Bonchev–Trinajstić information content (AvgIpc) is 2.96. The lowest BCUT2D eigenvalue weighted by Gasteiger charge is -2.18. The third-order valence-corrected chi connectivity index (χ3v) is 7.04. The largest absolute Gasteiger partial charge is 0.264 e. The van der Waals surface area contributed by atoms with Gasteiger partial charge in [0.2, 0.25) is 0 Å². The van der Waals surface area contributed by atoms with Crippen LogP contribution in [-0.2, 0) is 0 Å². The highest BCUT2D eigenvalue weighted by Crippen LogP contribution is 2.44. The van der Waals surface area contributed by atoms with Crippen molar-refractivity contribution in [2.45, 2.75) is 6.92 Å². The third kappa shape index (κ3) is 4.05. The number of nitrogens with zero attached hydrogens (tertiary/aromatic N) is 1. The molecule has 6 rings (SSSR count). The highest BCUT2D eigenvalue weighted by Gasteiger charge is 2.17. The average molecular weight is 474 g/mol. The van der Waals surface area contributed by atoms with E-state index in [1.54, 1.807) is 0 Å². The first-order chi connectivity index (χ1) is 18.3. The van der Waals surface area contributed by atoms with Gasteiger partial charge in [0.15, 0.2) is 0 Å². The van der Waals surface area contributed by atoms with Crippen molar-refractivity contribution in [3.63, 3.8) is 0 Å². The van der Waals surface area contributed by atoms with Crippen molar-refractivity contribution >= 4 is 33.7 Å². The lowest BCUT2D eigenvalue weighted by Crippen LogP contribution is -1.92. The predicted octanol–water partition coefficient (Wildman–Crippen LogP) is 10.1. The fourth-order valence-electron chi connectivity index (χ4n) is 5.35. The zero-order chi connectivity index (χ0) is 25.2. The van der Waals surface area contributed by atoms with E-state index < -0.39 is 0 Å². The summed E-state index contributed by atoms with van der Waals surface area (Å²) >= 11 is 0. The fraction of sp³-hybridized carbons (Fsp3) is 0.0278. The van der Waals surface area contributed by atoms with Gasteiger partial charge in [0.05, 0.1) is 0 Å². The normalized spacial score (nSPS) is 11.4. The minimum atomic E-state index is 1.12. The molecule has 0 amide bonds. The smallest absolute Gasteiger partial charge is 0.0346 e. The van der Waals surface area contributed by atoms with Crippen LogP contribution in [0.4, 0.5) is 0 Å². The molecule has 0 aliphatic rings. The maximum atomic E-state index is 4.28. The summed E-state index contributed by atoms with van der Waals surface area (Å²) in [5.41, 5.74) is 9.57. The van der Waals surface area contributed by atoms with Gasteiger partial charge >= 0.3 is 0 Å². The Morgan fingerprint density at radius 1 is 0.568 bits per heavy atom. The molecule has 1 aromatic heterocycles. The molecule has 0 saturated heterocycles. The van der Waals surface area contributed by atoms with Crippen LogP contribution in [0.5, 0.6) is 0 Å². The maximum absolute atomic E-state index is 4.28. The number of allylic oxidation sites excluding steroid dienone is 1. The molecule has 0 bridgehead atoms. The fourth-order valence-corrected chi connectivity index (χ4v) is 5.35. The Labute approximate surface area is 218 Å². The van der Waals surface area contributed by atoms with Crippen molar-refractivity contribution in [3.05, 3.63) is 139 Å². The van der Waals surface area contributed by atoms with Crippen LogP contribution < -0.4 is 0 Å². The summed E-state index contributed by atoms with van der Waals surface area (Å²) in [6, 6.07) is 37.2. The summed E-state index contributed by atoms with van der Waals surface area (Å²) < 4.78 is 0. The Balaban J connectivity index is 1.63. The van der Waals surface area contributed by atoms with E-state index in [1.165, 1.54) is 54.9 Å². The van der Waals surface area contributed by atoms with E-state index in [9.17, 15) is 0 Å². The first kappa shape index (κ1) is 22.7. The molecule has 0 atom stereocenters. The molecule has 1 heterocycles. The van der Waals surface area contributed by atoms with Gasteiger partial charge < -0.3 is 0 Å². The van der Waals surface area contributed by atoms with E-state index in [0.29, 0.717) is 0 Å². The van der Waals surface area contributed by atoms with Crippen LogP contribution in [0.2, 0.25) is 0 Å². The zero-order valence-corrected chi connectivity index (χ0v) is 20.9. The predicted molar refractivity (Wildman–Crippen MR) is 160 cm³/mol. The van der Waals surface area contributed by atoms with Crippen LogP contribution in [0.3, 0.4) is 0 Å². The molecule has 6 aromatic rings. The summed E-state index contributed by atoms with van der Waals surface area (Å²) in [5, 5.41) is 5.02. The Hall–Kier alpha value is -4.75. The second-order valence-electron chi connectivity index (χ2n) is 9.21. The Morgan fingerprint density at radius 3 is 1.68 bits per heavy atom. The Kier molecular flexibility index (Phi) is 5.96. The van der Waals surface area contributed by atoms with E-state index >= 15 is 0 Å². The summed E-state index contributed by atoms with van der Waals surface area (Å²) in [6.07, 6.45) is 9.88. The number of rotatable bonds is 5. The second kappa shape index (κ2) is 9.72. The van der Waals surface area contributed by atoms with Crippen molar-refractivity contribution in [1.29, 1.82) is 0 Å². The monoisotopic (exact) mass is 473 g/mol. The zero-order valence-electron chi connectivity index (χ0n) is 20.9. The topological polar surface area (TPSA) is 12.9 Å². The molecule has 0 fully saturated rings. The summed E-state index contributed by atoms with van der Waals surface area (Å²) in [7, 11) is 0. The lowest BCUT2D eigenvalue weighted by atomic mass is 9.85. The SMILES string of the molecule is C=Cc1ccc(-c2c3ccccc3c(-c3ccc(-c4cccnc4)cc3)c3ccccc23)cc1/C=C\C. The van der Waals surface area contributed by atoms with Crippen LogP contribution in [0.25, 0.3) is 67.1 Å². The lowest BCUT2D eigenvalue weighted by molar-refractivity contribution is 1.33. The van der Waals surface area contributed by atoms with Gasteiger partial charge in [0.1, 0.15) is 0 Å². The molecule has 176 valence electrons. The molecule has 0 N–H and O–H groups in total. The second-order valence-corrected chi connectivity index (χ2v) is 9.21. The summed E-state index contributed by atoms with van der Waals surface area (Å²) in [5.74, 6) is 0. The number of pyridine rings is 1.